The van der Waals surface area contributed by atoms with Gasteiger partial charge in [0, 0.05) is 0 Å². The maximum atomic E-state index is 5.59. The molecule has 0 bridgehead atoms. The molecule has 0 aliphatic heterocycles. The zero-order valence-corrected chi connectivity index (χ0v) is 16.3. The largest absolute Gasteiger partial charge is 0.453 e. The summed E-state index contributed by atoms with van der Waals surface area (Å²) < 4.78 is 10.7. The van der Waals surface area contributed by atoms with E-state index in [4.69, 9.17) is 16.6 Å². The van der Waals surface area contributed by atoms with Crippen LogP contribution < -0.4 is 0 Å². The second-order valence-corrected chi connectivity index (χ2v) is 7.08. The van der Waals surface area contributed by atoms with Gasteiger partial charge >= 0.3 is 0 Å². The summed E-state index contributed by atoms with van der Waals surface area (Å²) in [7, 11) is 2.01. The number of halogens is 1. The summed E-state index contributed by atoms with van der Waals surface area (Å²) in [5.41, 5.74) is 3.48. The smallest absolute Gasteiger partial charge is 0.203 e. The summed E-state index contributed by atoms with van der Waals surface area (Å²) in [5, 5.41) is 4.44. The van der Waals surface area contributed by atoms with Crippen molar-refractivity contribution in [3.8, 4) is 5.69 Å². The minimum absolute atomic E-state index is 0.592. The molecule has 1 aromatic carbocycles. The molecule has 0 N–H and O–H groups in total. The highest BCUT2D eigenvalue weighted by atomic mass is 79.9. The molecule has 0 fully saturated rings. The first kappa shape index (κ1) is 17.1. The summed E-state index contributed by atoms with van der Waals surface area (Å²) in [6.45, 7) is 5.45. The van der Waals surface area contributed by atoms with Crippen molar-refractivity contribution in [2.75, 3.05) is 7.05 Å². The van der Waals surface area contributed by atoms with Crippen molar-refractivity contribution in [1.82, 2.24) is 19.2 Å². The van der Waals surface area contributed by atoms with E-state index < -0.39 is 0 Å². The number of hydrogen-bond acceptors (Lipinski definition) is 4. The van der Waals surface area contributed by atoms with E-state index in [1.807, 2.05) is 28.4 Å². The predicted octanol–water partition coefficient (Wildman–Crippen LogP) is 4.47. The van der Waals surface area contributed by atoms with Gasteiger partial charge in [0.2, 0.25) is 4.77 Å². The molecule has 3 rings (SSSR count). The van der Waals surface area contributed by atoms with Crippen LogP contribution in [0.2, 0.25) is 0 Å². The topological polar surface area (TPSA) is 39.1 Å². The van der Waals surface area contributed by atoms with Crippen LogP contribution in [0, 0.1) is 18.6 Å². The zero-order chi connectivity index (χ0) is 17.3. The monoisotopic (exact) mass is 406 g/mol. The van der Waals surface area contributed by atoms with Gasteiger partial charge in [-0.15, -0.1) is 0 Å². The molecule has 0 amide bonds. The van der Waals surface area contributed by atoms with Gasteiger partial charge in [0.25, 0.3) is 0 Å². The van der Waals surface area contributed by atoms with E-state index in [9.17, 15) is 0 Å². The number of rotatable bonds is 5. The van der Waals surface area contributed by atoms with Crippen LogP contribution in [0.4, 0.5) is 0 Å². The highest BCUT2D eigenvalue weighted by Gasteiger charge is 2.10. The third-order valence-corrected chi connectivity index (χ3v) is 4.61. The highest BCUT2D eigenvalue weighted by molar-refractivity contribution is 9.10. The Hall–Kier alpha value is -1.70. The van der Waals surface area contributed by atoms with Crippen LogP contribution in [-0.2, 0) is 13.2 Å². The molecule has 0 aliphatic rings. The second kappa shape index (κ2) is 7.04. The van der Waals surface area contributed by atoms with E-state index in [1.54, 1.807) is 6.33 Å². The van der Waals surface area contributed by atoms with E-state index in [2.05, 4.69) is 58.0 Å². The number of benzene rings is 1. The second-order valence-electron chi connectivity index (χ2n) is 5.93. The van der Waals surface area contributed by atoms with Gasteiger partial charge in [-0.1, -0.05) is 17.7 Å². The Kier molecular flexibility index (Phi) is 5.03. The van der Waals surface area contributed by atoms with E-state index in [-0.39, 0.29) is 0 Å². The number of furan rings is 1. The summed E-state index contributed by atoms with van der Waals surface area (Å²) in [5.74, 6) is 0.893. The van der Waals surface area contributed by atoms with Gasteiger partial charge < -0.3 is 4.42 Å². The molecule has 126 valence electrons. The fourth-order valence-corrected chi connectivity index (χ4v) is 3.25. The third kappa shape index (κ3) is 3.68. The summed E-state index contributed by atoms with van der Waals surface area (Å²) in [6.07, 6.45) is 1.78. The summed E-state index contributed by atoms with van der Waals surface area (Å²) in [6, 6.07) is 10.2. The minimum Gasteiger partial charge on any atom is -0.453 e. The molecule has 0 aliphatic carbocycles. The Bertz CT molecular complexity index is 911. The predicted molar refractivity (Wildman–Crippen MR) is 99.7 cm³/mol. The van der Waals surface area contributed by atoms with Crippen LogP contribution in [0.25, 0.3) is 5.69 Å². The molecule has 0 saturated heterocycles. The van der Waals surface area contributed by atoms with E-state index >= 15 is 0 Å². The molecule has 7 heteroatoms. The van der Waals surface area contributed by atoms with Gasteiger partial charge in [0.15, 0.2) is 4.67 Å². The minimum atomic E-state index is 0.592. The van der Waals surface area contributed by atoms with E-state index in [0.717, 1.165) is 16.1 Å². The number of aryl methyl sites for hydroxylation is 2. The number of nitrogens with zero attached hydrogens (tertiary/aromatic N) is 4. The maximum absolute atomic E-state index is 5.59. The molecule has 2 heterocycles. The Labute approximate surface area is 154 Å². The van der Waals surface area contributed by atoms with Crippen molar-refractivity contribution < 1.29 is 4.42 Å². The van der Waals surface area contributed by atoms with Gasteiger partial charge in [-0.05, 0) is 72.8 Å². The normalized spacial score (nSPS) is 11.4. The lowest BCUT2D eigenvalue weighted by Gasteiger charge is -2.14. The molecule has 0 radical (unpaired) electrons. The van der Waals surface area contributed by atoms with E-state index in [0.29, 0.717) is 18.0 Å². The summed E-state index contributed by atoms with van der Waals surface area (Å²) in [4.78, 5) is 2.10. The average Bonchev–Trinajstić information content (AvgIpc) is 3.07. The standard InChI is InChI=1S/C17H19BrN4OS/c1-12-4-6-15(13(2)8-12)21-10-19-22(17(21)24)11-20(3)9-14-5-7-16(18)23-14/h4-8,10H,9,11H2,1-3H3. The molecule has 2 aromatic heterocycles. The number of hydrogen-bond donors (Lipinski definition) is 0. The fourth-order valence-electron chi connectivity index (χ4n) is 2.66. The van der Waals surface area contributed by atoms with Gasteiger partial charge in [-0.3, -0.25) is 9.47 Å². The van der Waals surface area contributed by atoms with Crippen molar-refractivity contribution in [2.45, 2.75) is 27.1 Å². The SMILES string of the molecule is Cc1ccc(-n2cnn(CN(C)Cc3ccc(Br)o3)c2=S)c(C)c1. The van der Waals surface area contributed by atoms with Crippen molar-refractivity contribution >= 4 is 28.1 Å². The van der Waals surface area contributed by atoms with Crippen LogP contribution in [0.1, 0.15) is 16.9 Å². The molecule has 0 atom stereocenters. The fraction of sp³-hybridized carbons (Fsp3) is 0.294. The van der Waals surface area contributed by atoms with Crippen molar-refractivity contribution in [1.29, 1.82) is 0 Å². The number of aromatic nitrogens is 3. The Morgan fingerprint density at radius 2 is 2.04 bits per heavy atom. The van der Waals surface area contributed by atoms with Gasteiger partial charge in [-0.25, -0.2) is 4.68 Å². The zero-order valence-electron chi connectivity index (χ0n) is 13.9. The third-order valence-electron chi connectivity index (χ3n) is 3.78. The van der Waals surface area contributed by atoms with Gasteiger partial charge in [-0.2, -0.15) is 5.10 Å². The van der Waals surface area contributed by atoms with Crippen LogP contribution >= 0.6 is 28.1 Å². The molecule has 24 heavy (non-hydrogen) atoms. The molecule has 0 saturated carbocycles. The van der Waals surface area contributed by atoms with Crippen molar-refractivity contribution in [3.05, 3.63) is 63.0 Å². The first-order chi connectivity index (χ1) is 11.4. The quantitative estimate of drug-likeness (QED) is 0.586. The molecule has 3 aromatic rings. The Balaban J connectivity index is 1.78. The lowest BCUT2D eigenvalue weighted by atomic mass is 10.1. The van der Waals surface area contributed by atoms with Crippen molar-refractivity contribution in [3.63, 3.8) is 0 Å². The maximum Gasteiger partial charge on any atom is 0.203 e. The van der Waals surface area contributed by atoms with Gasteiger partial charge in [0.05, 0.1) is 18.9 Å². The molecule has 0 spiro atoms. The molecule has 5 nitrogen and oxygen atoms in total. The van der Waals surface area contributed by atoms with Crippen LogP contribution in [0.15, 0.2) is 45.7 Å². The van der Waals surface area contributed by atoms with E-state index in [1.165, 1.54) is 11.1 Å². The lowest BCUT2D eigenvalue weighted by Crippen LogP contribution is -2.22. The lowest BCUT2D eigenvalue weighted by molar-refractivity contribution is 0.224. The van der Waals surface area contributed by atoms with Gasteiger partial charge in [0.1, 0.15) is 12.1 Å². The van der Waals surface area contributed by atoms with Crippen molar-refractivity contribution in [2.24, 2.45) is 0 Å². The first-order valence-corrected chi connectivity index (χ1v) is 8.79. The molecular formula is C17H19BrN4OS. The van der Waals surface area contributed by atoms with Crippen LogP contribution in [-0.4, -0.2) is 26.3 Å². The summed E-state index contributed by atoms with van der Waals surface area (Å²) >= 11 is 8.91. The van der Waals surface area contributed by atoms with Crippen LogP contribution in [0.5, 0.6) is 0 Å². The Morgan fingerprint density at radius 1 is 1.25 bits per heavy atom. The Morgan fingerprint density at radius 3 is 2.71 bits per heavy atom. The van der Waals surface area contributed by atoms with Crippen LogP contribution in [0.3, 0.4) is 0 Å². The first-order valence-electron chi connectivity index (χ1n) is 7.59. The molecular weight excluding hydrogens is 388 g/mol. The average molecular weight is 407 g/mol. The highest BCUT2D eigenvalue weighted by Crippen LogP contribution is 2.17. The molecule has 0 unspecified atom stereocenters.